The summed E-state index contributed by atoms with van der Waals surface area (Å²) in [5, 5.41) is 6.23. The zero-order valence-electron chi connectivity index (χ0n) is 14.1. The lowest BCUT2D eigenvalue weighted by molar-refractivity contribution is -0.122. The van der Waals surface area contributed by atoms with E-state index in [2.05, 4.69) is 54.0 Å². The lowest BCUT2D eigenvalue weighted by Crippen LogP contribution is -2.39. The van der Waals surface area contributed by atoms with Gasteiger partial charge in [-0.3, -0.25) is 9.79 Å². The van der Waals surface area contributed by atoms with E-state index in [0.29, 0.717) is 13.1 Å². The van der Waals surface area contributed by atoms with Crippen LogP contribution in [0.25, 0.3) is 0 Å². The average molecular weight is 384 g/mol. The molecule has 0 bridgehead atoms. The molecule has 1 heterocycles. The number of hydrogen-bond acceptors (Lipinski definition) is 2. The van der Waals surface area contributed by atoms with E-state index in [4.69, 9.17) is 0 Å². The van der Waals surface area contributed by atoms with Gasteiger partial charge in [0.2, 0.25) is 5.91 Å². The van der Waals surface area contributed by atoms with Gasteiger partial charge in [-0.2, -0.15) is 0 Å². The number of aryl methyl sites for hydroxylation is 1. The van der Waals surface area contributed by atoms with E-state index in [-0.39, 0.29) is 11.8 Å². The number of carbonyl (C=O) groups excluding carboxylic acids is 1. The van der Waals surface area contributed by atoms with Crippen molar-refractivity contribution in [3.63, 3.8) is 0 Å². The average Bonchev–Trinajstić information content (AvgIpc) is 3.29. The van der Waals surface area contributed by atoms with Gasteiger partial charge < -0.3 is 20.1 Å². The number of nitrogens with zero attached hydrogens (tertiary/aromatic N) is 3. The number of hydrogen-bond donors (Lipinski definition) is 2. The molecule has 1 amide bonds. The van der Waals surface area contributed by atoms with Gasteiger partial charge in [-0.25, -0.2) is 0 Å². The highest BCUT2D eigenvalue weighted by Gasteiger charge is 2.28. The van der Waals surface area contributed by atoms with Crippen LogP contribution in [-0.2, 0) is 18.4 Å². The van der Waals surface area contributed by atoms with E-state index in [1.165, 1.54) is 5.69 Å². The standard InChI is InChI=1S/C16H26BrN5O/c1-4-18-16(20-8-7-19-15(23)12-5-6-12)22(3)11-14-9-13(17)10-21(14)2/h9-10,12H,4-8,11H2,1-3H3,(H,18,20)(H,19,23). The summed E-state index contributed by atoms with van der Waals surface area (Å²) in [7, 11) is 4.05. The molecule has 0 spiro atoms. The fourth-order valence-corrected chi connectivity index (χ4v) is 2.91. The van der Waals surface area contributed by atoms with Crippen LogP contribution in [0.1, 0.15) is 25.5 Å². The van der Waals surface area contributed by atoms with Crippen LogP contribution in [0.15, 0.2) is 21.7 Å². The van der Waals surface area contributed by atoms with Gasteiger partial charge in [0.05, 0.1) is 13.1 Å². The molecule has 0 saturated heterocycles. The summed E-state index contributed by atoms with van der Waals surface area (Å²) in [6.07, 6.45) is 4.11. The Balaban J connectivity index is 1.86. The number of nitrogens with one attached hydrogen (secondary N) is 2. The molecule has 1 fully saturated rings. The Morgan fingerprint density at radius 2 is 2.22 bits per heavy atom. The molecule has 7 heteroatoms. The molecule has 0 aromatic carbocycles. The number of guanidine groups is 1. The lowest BCUT2D eigenvalue weighted by Gasteiger charge is -2.22. The van der Waals surface area contributed by atoms with Crippen molar-refractivity contribution < 1.29 is 4.79 Å². The van der Waals surface area contributed by atoms with Crippen LogP contribution in [0.2, 0.25) is 0 Å². The molecule has 23 heavy (non-hydrogen) atoms. The predicted octanol–water partition coefficient (Wildman–Crippen LogP) is 1.71. The van der Waals surface area contributed by atoms with Crippen molar-refractivity contribution in [2.75, 3.05) is 26.7 Å². The third-order valence-corrected chi connectivity index (χ3v) is 4.22. The highest BCUT2D eigenvalue weighted by Crippen LogP contribution is 2.28. The second-order valence-electron chi connectivity index (χ2n) is 5.92. The van der Waals surface area contributed by atoms with E-state index in [0.717, 1.165) is 36.4 Å². The Bertz CT molecular complexity index is 565. The quantitative estimate of drug-likeness (QED) is 0.428. The van der Waals surface area contributed by atoms with Gasteiger partial charge in [-0.1, -0.05) is 0 Å². The largest absolute Gasteiger partial charge is 0.357 e. The summed E-state index contributed by atoms with van der Waals surface area (Å²) in [6, 6.07) is 2.11. The summed E-state index contributed by atoms with van der Waals surface area (Å²) in [6.45, 7) is 4.81. The second kappa shape index (κ2) is 8.38. The fraction of sp³-hybridized carbons (Fsp3) is 0.625. The first kappa shape index (κ1) is 17.8. The minimum Gasteiger partial charge on any atom is -0.357 e. The van der Waals surface area contributed by atoms with Crippen molar-refractivity contribution in [3.8, 4) is 0 Å². The molecular formula is C16H26BrN5O. The topological polar surface area (TPSA) is 61.7 Å². The Hall–Kier alpha value is -1.50. The van der Waals surface area contributed by atoms with E-state index >= 15 is 0 Å². The van der Waals surface area contributed by atoms with Gasteiger partial charge >= 0.3 is 0 Å². The van der Waals surface area contributed by atoms with Crippen molar-refractivity contribution in [1.82, 2.24) is 20.1 Å². The summed E-state index contributed by atoms with van der Waals surface area (Å²) in [4.78, 5) is 18.3. The number of aliphatic imine (C=N–C) groups is 1. The van der Waals surface area contributed by atoms with E-state index < -0.39 is 0 Å². The Kier molecular flexibility index (Phi) is 6.50. The molecular weight excluding hydrogens is 358 g/mol. The Labute approximate surface area is 146 Å². The van der Waals surface area contributed by atoms with Crippen LogP contribution >= 0.6 is 15.9 Å². The summed E-state index contributed by atoms with van der Waals surface area (Å²) in [5.74, 6) is 1.28. The molecule has 128 valence electrons. The van der Waals surface area contributed by atoms with E-state index in [1.54, 1.807) is 0 Å². The molecule has 2 N–H and O–H groups in total. The summed E-state index contributed by atoms with van der Waals surface area (Å²) < 4.78 is 3.17. The first-order valence-electron chi connectivity index (χ1n) is 8.09. The molecule has 0 atom stereocenters. The number of halogens is 1. The van der Waals surface area contributed by atoms with Gasteiger partial charge in [0.25, 0.3) is 0 Å². The first-order valence-corrected chi connectivity index (χ1v) is 8.88. The van der Waals surface area contributed by atoms with Crippen LogP contribution in [-0.4, -0.2) is 48.0 Å². The number of rotatable bonds is 7. The third-order valence-electron chi connectivity index (χ3n) is 3.79. The third kappa shape index (κ3) is 5.57. The van der Waals surface area contributed by atoms with Crippen LogP contribution in [0.3, 0.4) is 0 Å². The molecule has 0 unspecified atom stereocenters. The van der Waals surface area contributed by atoms with E-state index in [9.17, 15) is 4.79 Å². The van der Waals surface area contributed by atoms with Crippen LogP contribution in [0, 0.1) is 5.92 Å². The first-order chi connectivity index (χ1) is 11.0. The monoisotopic (exact) mass is 383 g/mol. The van der Waals surface area contributed by atoms with Crippen LogP contribution < -0.4 is 10.6 Å². The molecule has 1 aliphatic carbocycles. The molecule has 1 aromatic rings. The maximum absolute atomic E-state index is 11.6. The molecule has 6 nitrogen and oxygen atoms in total. The lowest BCUT2D eigenvalue weighted by atomic mass is 10.4. The number of carbonyl (C=O) groups is 1. The highest BCUT2D eigenvalue weighted by atomic mass is 79.9. The second-order valence-corrected chi connectivity index (χ2v) is 6.83. The van der Waals surface area contributed by atoms with Gasteiger partial charge in [-0.05, 0) is 41.8 Å². The van der Waals surface area contributed by atoms with Crippen molar-refractivity contribution >= 4 is 27.8 Å². The zero-order valence-corrected chi connectivity index (χ0v) is 15.7. The molecule has 1 aliphatic rings. The SMILES string of the molecule is CCNC(=NCCNC(=O)C1CC1)N(C)Cc1cc(Br)cn1C. The van der Waals surface area contributed by atoms with Crippen molar-refractivity contribution in [2.45, 2.75) is 26.3 Å². The highest BCUT2D eigenvalue weighted by molar-refractivity contribution is 9.10. The maximum atomic E-state index is 11.6. The maximum Gasteiger partial charge on any atom is 0.223 e. The minimum atomic E-state index is 0.173. The normalized spacial score (nSPS) is 14.7. The molecule has 1 saturated carbocycles. The molecule has 2 rings (SSSR count). The minimum absolute atomic E-state index is 0.173. The predicted molar refractivity (Wildman–Crippen MR) is 96.3 cm³/mol. The van der Waals surface area contributed by atoms with Crippen LogP contribution in [0.4, 0.5) is 0 Å². The van der Waals surface area contributed by atoms with Gasteiger partial charge in [0, 0.05) is 49.5 Å². The number of aromatic nitrogens is 1. The van der Waals surface area contributed by atoms with E-state index in [1.807, 2.05) is 20.3 Å². The number of amides is 1. The van der Waals surface area contributed by atoms with Crippen molar-refractivity contribution in [1.29, 1.82) is 0 Å². The Morgan fingerprint density at radius 1 is 1.48 bits per heavy atom. The van der Waals surface area contributed by atoms with Gasteiger partial charge in [-0.15, -0.1) is 0 Å². The summed E-state index contributed by atoms with van der Waals surface area (Å²) in [5.41, 5.74) is 1.20. The van der Waals surface area contributed by atoms with Gasteiger partial charge in [0.15, 0.2) is 5.96 Å². The van der Waals surface area contributed by atoms with Crippen LogP contribution in [0.5, 0.6) is 0 Å². The van der Waals surface area contributed by atoms with Gasteiger partial charge in [0.1, 0.15) is 0 Å². The van der Waals surface area contributed by atoms with Crippen molar-refractivity contribution in [3.05, 3.63) is 22.4 Å². The molecule has 0 radical (unpaired) electrons. The molecule has 1 aromatic heterocycles. The molecule has 0 aliphatic heterocycles. The fourth-order valence-electron chi connectivity index (χ4n) is 2.34. The summed E-state index contributed by atoms with van der Waals surface area (Å²) >= 11 is 3.50. The zero-order chi connectivity index (χ0) is 16.8. The van der Waals surface area contributed by atoms with Crippen molar-refractivity contribution in [2.24, 2.45) is 18.0 Å². The Morgan fingerprint density at radius 3 is 2.78 bits per heavy atom. The smallest absolute Gasteiger partial charge is 0.223 e.